The molecule has 0 bridgehead atoms. The summed E-state index contributed by atoms with van der Waals surface area (Å²) < 4.78 is 5.86. The molecule has 3 heteroatoms. The first-order chi connectivity index (χ1) is 9.68. The van der Waals surface area contributed by atoms with E-state index < -0.39 is 0 Å². The fourth-order valence-electron chi connectivity index (χ4n) is 2.32. The van der Waals surface area contributed by atoms with E-state index in [4.69, 9.17) is 16.0 Å². The first-order valence-electron chi connectivity index (χ1n) is 6.43. The van der Waals surface area contributed by atoms with E-state index in [0.29, 0.717) is 22.3 Å². The molecule has 0 aliphatic heterocycles. The molecule has 0 amide bonds. The Morgan fingerprint density at radius 3 is 2.35 bits per heavy atom. The first-order valence-corrected chi connectivity index (χ1v) is 6.87. The van der Waals surface area contributed by atoms with Gasteiger partial charge in [-0.15, -0.1) is 11.6 Å². The first kappa shape index (κ1) is 12.9. The average Bonchev–Trinajstić information content (AvgIpc) is 2.48. The van der Waals surface area contributed by atoms with Crippen LogP contribution in [0, 0.1) is 0 Å². The molecule has 0 fully saturated rings. The van der Waals surface area contributed by atoms with Crippen molar-refractivity contribution in [1.82, 2.24) is 0 Å². The van der Waals surface area contributed by atoms with E-state index in [-0.39, 0.29) is 10.8 Å². The van der Waals surface area contributed by atoms with Crippen molar-refractivity contribution in [3.63, 3.8) is 0 Å². The van der Waals surface area contributed by atoms with E-state index >= 15 is 0 Å². The van der Waals surface area contributed by atoms with Crippen LogP contribution in [0.5, 0.6) is 0 Å². The van der Waals surface area contributed by atoms with Gasteiger partial charge in [0.25, 0.3) is 0 Å². The standard InChI is InChI=1S/C17H13ClO2/c1-11(18)17-15(12-7-3-2-4-8-12)16(19)13-9-5-6-10-14(13)20-17/h2-11H,1H3/t11-/m1/s1. The lowest BCUT2D eigenvalue weighted by Gasteiger charge is -2.11. The maximum absolute atomic E-state index is 12.7. The van der Waals surface area contributed by atoms with Crippen molar-refractivity contribution in [1.29, 1.82) is 0 Å². The molecule has 3 aromatic rings. The van der Waals surface area contributed by atoms with Gasteiger partial charge in [-0.1, -0.05) is 42.5 Å². The number of rotatable bonds is 2. The number of hydrogen-bond acceptors (Lipinski definition) is 2. The van der Waals surface area contributed by atoms with Gasteiger partial charge in [0.2, 0.25) is 5.43 Å². The van der Waals surface area contributed by atoms with Crippen molar-refractivity contribution in [2.24, 2.45) is 0 Å². The van der Waals surface area contributed by atoms with Gasteiger partial charge in [-0.25, -0.2) is 0 Å². The van der Waals surface area contributed by atoms with Gasteiger partial charge in [0.05, 0.1) is 16.3 Å². The van der Waals surface area contributed by atoms with Crippen LogP contribution in [0.25, 0.3) is 22.1 Å². The van der Waals surface area contributed by atoms with Crippen LogP contribution >= 0.6 is 11.6 Å². The molecule has 1 atom stereocenters. The highest BCUT2D eigenvalue weighted by Gasteiger charge is 2.19. The molecule has 0 radical (unpaired) electrons. The summed E-state index contributed by atoms with van der Waals surface area (Å²) in [7, 11) is 0. The molecular weight excluding hydrogens is 272 g/mol. The van der Waals surface area contributed by atoms with Crippen LogP contribution in [0.15, 0.2) is 63.8 Å². The lowest BCUT2D eigenvalue weighted by Crippen LogP contribution is -2.09. The number of benzene rings is 2. The monoisotopic (exact) mass is 284 g/mol. The fourth-order valence-corrected chi connectivity index (χ4v) is 2.47. The number of alkyl halides is 1. The normalized spacial score (nSPS) is 12.5. The van der Waals surface area contributed by atoms with Crippen LogP contribution in [-0.2, 0) is 0 Å². The highest BCUT2D eigenvalue weighted by Crippen LogP contribution is 2.31. The second-order valence-corrected chi connectivity index (χ2v) is 5.30. The maximum atomic E-state index is 12.7. The van der Waals surface area contributed by atoms with Crippen LogP contribution in [0.4, 0.5) is 0 Å². The van der Waals surface area contributed by atoms with Gasteiger partial charge in [-0.05, 0) is 24.6 Å². The molecule has 1 heterocycles. The van der Waals surface area contributed by atoms with E-state index in [0.717, 1.165) is 5.56 Å². The van der Waals surface area contributed by atoms with Crippen LogP contribution in [0.2, 0.25) is 0 Å². The molecule has 0 unspecified atom stereocenters. The van der Waals surface area contributed by atoms with Crippen LogP contribution in [-0.4, -0.2) is 0 Å². The van der Waals surface area contributed by atoms with Gasteiger partial charge in [0, 0.05) is 0 Å². The number of para-hydroxylation sites is 1. The highest BCUT2D eigenvalue weighted by atomic mass is 35.5. The highest BCUT2D eigenvalue weighted by molar-refractivity contribution is 6.20. The van der Waals surface area contributed by atoms with E-state index in [1.54, 1.807) is 19.1 Å². The van der Waals surface area contributed by atoms with E-state index in [2.05, 4.69) is 0 Å². The molecule has 2 aromatic carbocycles. The third-order valence-corrected chi connectivity index (χ3v) is 3.45. The quantitative estimate of drug-likeness (QED) is 0.635. The van der Waals surface area contributed by atoms with E-state index in [9.17, 15) is 4.79 Å². The minimum absolute atomic E-state index is 0.0412. The summed E-state index contributed by atoms with van der Waals surface area (Å²) >= 11 is 6.20. The smallest absolute Gasteiger partial charge is 0.200 e. The second-order valence-electron chi connectivity index (χ2n) is 4.65. The molecule has 3 rings (SSSR count). The van der Waals surface area contributed by atoms with Crippen LogP contribution in [0.1, 0.15) is 18.1 Å². The molecule has 0 N–H and O–H groups in total. The van der Waals surface area contributed by atoms with Gasteiger partial charge >= 0.3 is 0 Å². The van der Waals surface area contributed by atoms with Crippen molar-refractivity contribution >= 4 is 22.6 Å². The van der Waals surface area contributed by atoms with Gasteiger partial charge < -0.3 is 4.42 Å². The molecule has 100 valence electrons. The van der Waals surface area contributed by atoms with Gasteiger partial charge in [0.1, 0.15) is 11.3 Å². The number of hydrogen-bond donors (Lipinski definition) is 0. The summed E-state index contributed by atoms with van der Waals surface area (Å²) in [6.07, 6.45) is 0. The SMILES string of the molecule is C[C@@H](Cl)c1oc2ccccc2c(=O)c1-c1ccccc1. The Hall–Kier alpha value is -2.06. The Morgan fingerprint density at radius 2 is 1.65 bits per heavy atom. The van der Waals surface area contributed by atoms with Crippen LogP contribution < -0.4 is 5.43 Å². The number of halogens is 1. The summed E-state index contributed by atoms with van der Waals surface area (Å²) in [5.74, 6) is 0.515. The van der Waals surface area contributed by atoms with Crippen molar-refractivity contribution in [2.45, 2.75) is 12.3 Å². The second kappa shape index (κ2) is 5.14. The van der Waals surface area contributed by atoms with Crippen molar-refractivity contribution < 1.29 is 4.42 Å². The molecule has 1 aromatic heterocycles. The minimum Gasteiger partial charge on any atom is -0.459 e. The summed E-state index contributed by atoms with van der Waals surface area (Å²) in [5, 5.41) is 0.204. The molecule has 0 aliphatic rings. The zero-order chi connectivity index (χ0) is 14.1. The maximum Gasteiger partial charge on any atom is 0.200 e. The summed E-state index contributed by atoms with van der Waals surface area (Å²) in [6, 6.07) is 16.7. The van der Waals surface area contributed by atoms with Crippen LogP contribution in [0.3, 0.4) is 0 Å². The molecule has 20 heavy (non-hydrogen) atoms. The molecular formula is C17H13ClO2. The third kappa shape index (κ3) is 2.12. The number of fused-ring (bicyclic) bond motifs is 1. The van der Waals surface area contributed by atoms with Gasteiger partial charge in [-0.3, -0.25) is 4.79 Å². The lowest BCUT2D eigenvalue weighted by molar-refractivity contribution is 0.540. The van der Waals surface area contributed by atoms with Crippen molar-refractivity contribution in [3.05, 3.63) is 70.6 Å². The lowest BCUT2D eigenvalue weighted by atomic mass is 10.0. The molecule has 0 aliphatic carbocycles. The minimum atomic E-state index is -0.373. The van der Waals surface area contributed by atoms with Gasteiger partial charge in [0.15, 0.2) is 0 Å². The van der Waals surface area contributed by atoms with Gasteiger partial charge in [-0.2, -0.15) is 0 Å². The zero-order valence-corrected chi connectivity index (χ0v) is 11.7. The molecule has 0 spiro atoms. The van der Waals surface area contributed by atoms with E-state index in [1.807, 2.05) is 42.5 Å². The molecule has 2 nitrogen and oxygen atoms in total. The largest absolute Gasteiger partial charge is 0.459 e. The summed E-state index contributed by atoms with van der Waals surface area (Å²) in [4.78, 5) is 12.7. The van der Waals surface area contributed by atoms with Crippen molar-refractivity contribution in [2.75, 3.05) is 0 Å². The predicted octanol–water partition coefficient (Wildman–Crippen LogP) is 4.76. The Kier molecular flexibility index (Phi) is 3.33. The third-order valence-electron chi connectivity index (χ3n) is 3.25. The fraction of sp³-hybridized carbons (Fsp3) is 0.118. The molecule has 0 saturated carbocycles. The Balaban J connectivity index is 2.43. The van der Waals surface area contributed by atoms with Crippen molar-refractivity contribution in [3.8, 4) is 11.1 Å². The Bertz CT molecular complexity index is 804. The van der Waals surface area contributed by atoms with E-state index in [1.165, 1.54) is 0 Å². The average molecular weight is 285 g/mol. The summed E-state index contributed by atoms with van der Waals surface area (Å²) in [5.41, 5.74) is 1.90. The molecule has 0 saturated heterocycles. The Morgan fingerprint density at radius 1 is 1.00 bits per heavy atom. The predicted molar refractivity (Wildman–Crippen MR) is 82.2 cm³/mol. The Labute approximate surface area is 121 Å². The zero-order valence-electron chi connectivity index (χ0n) is 11.0. The summed E-state index contributed by atoms with van der Waals surface area (Å²) in [6.45, 7) is 1.81. The topological polar surface area (TPSA) is 30.2 Å².